The Morgan fingerprint density at radius 2 is 2.03 bits per heavy atom. The zero-order chi connectivity index (χ0) is 20.7. The van der Waals surface area contributed by atoms with Crippen LogP contribution in [0.3, 0.4) is 0 Å². The molecule has 3 heterocycles. The van der Waals surface area contributed by atoms with Gasteiger partial charge in [-0.05, 0) is 44.0 Å². The monoisotopic (exact) mass is 405 g/mol. The van der Waals surface area contributed by atoms with Gasteiger partial charge >= 0.3 is 0 Å². The van der Waals surface area contributed by atoms with E-state index in [0.29, 0.717) is 41.1 Å². The van der Waals surface area contributed by atoms with Crippen LogP contribution in [0.4, 0.5) is 10.1 Å². The maximum Gasteiger partial charge on any atom is 0.230 e. The molecule has 5 rings (SSSR count). The summed E-state index contributed by atoms with van der Waals surface area (Å²) in [5.41, 5.74) is 3.19. The SMILES string of the molecule is Cc1ccc(N2CCCC(c3nc(-c4ccc(F)c5cn[nH]c45)no3)CC2=O)cc1. The van der Waals surface area contributed by atoms with E-state index in [1.807, 2.05) is 36.1 Å². The first-order valence-electron chi connectivity index (χ1n) is 9.93. The lowest BCUT2D eigenvalue weighted by Crippen LogP contribution is -2.30. The van der Waals surface area contributed by atoms with Gasteiger partial charge in [0, 0.05) is 30.1 Å². The second kappa shape index (κ2) is 7.37. The summed E-state index contributed by atoms with van der Waals surface area (Å²) in [6.45, 7) is 2.68. The molecule has 1 fully saturated rings. The van der Waals surface area contributed by atoms with Crippen LogP contribution < -0.4 is 4.90 Å². The van der Waals surface area contributed by atoms with E-state index in [4.69, 9.17) is 4.52 Å². The molecule has 1 aliphatic heterocycles. The van der Waals surface area contributed by atoms with Gasteiger partial charge in [-0.1, -0.05) is 22.9 Å². The zero-order valence-corrected chi connectivity index (χ0v) is 16.4. The molecule has 0 saturated carbocycles. The first kappa shape index (κ1) is 18.5. The minimum atomic E-state index is -0.364. The molecule has 1 N–H and O–H groups in total. The molecule has 0 spiro atoms. The number of aryl methyl sites for hydroxylation is 1. The van der Waals surface area contributed by atoms with Crippen LogP contribution in [0, 0.1) is 12.7 Å². The summed E-state index contributed by atoms with van der Waals surface area (Å²) < 4.78 is 19.4. The van der Waals surface area contributed by atoms with E-state index in [0.717, 1.165) is 24.1 Å². The van der Waals surface area contributed by atoms with Gasteiger partial charge in [-0.3, -0.25) is 9.89 Å². The highest BCUT2D eigenvalue weighted by Gasteiger charge is 2.29. The number of nitrogens with zero attached hydrogens (tertiary/aromatic N) is 4. The van der Waals surface area contributed by atoms with Gasteiger partial charge in [-0.15, -0.1) is 0 Å². The number of benzene rings is 2. The maximum atomic E-state index is 13.9. The molecule has 1 unspecified atom stereocenters. The highest BCUT2D eigenvalue weighted by atomic mass is 19.1. The lowest BCUT2D eigenvalue weighted by Gasteiger charge is -2.20. The predicted molar refractivity (Wildman–Crippen MR) is 109 cm³/mol. The van der Waals surface area contributed by atoms with Gasteiger partial charge in [0.15, 0.2) is 0 Å². The Hall–Kier alpha value is -3.55. The molecule has 1 aliphatic rings. The number of amides is 1. The molecule has 0 bridgehead atoms. The lowest BCUT2D eigenvalue weighted by molar-refractivity contribution is -0.118. The summed E-state index contributed by atoms with van der Waals surface area (Å²) in [7, 11) is 0. The van der Waals surface area contributed by atoms with Crippen LogP contribution in [0.1, 0.15) is 36.6 Å². The maximum absolute atomic E-state index is 13.9. The second-order valence-corrected chi connectivity index (χ2v) is 7.63. The number of rotatable bonds is 3. The average Bonchev–Trinajstić information content (AvgIpc) is 3.38. The van der Waals surface area contributed by atoms with E-state index in [2.05, 4.69) is 20.3 Å². The predicted octanol–water partition coefficient (Wildman–Crippen LogP) is 4.36. The van der Waals surface area contributed by atoms with E-state index in [-0.39, 0.29) is 17.6 Å². The molecular formula is C22H20FN5O2. The van der Waals surface area contributed by atoms with Crippen LogP contribution in [-0.4, -0.2) is 32.8 Å². The first-order valence-corrected chi connectivity index (χ1v) is 9.93. The minimum absolute atomic E-state index is 0.0406. The third-order valence-electron chi connectivity index (χ3n) is 5.60. The molecule has 1 saturated heterocycles. The molecule has 2 aromatic heterocycles. The summed E-state index contributed by atoms with van der Waals surface area (Å²) in [5.74, 6) is 0.315. The molecule has 30 heavy (non-hydrogen) atoms. The number of hydrogen-bond acceptors (Lipinski definition) is 5. The normalized spacial score (nSPS) is 17.5. The number of H-pyrrole nitrogens is 1. The van der Waals surface area contributed by atoms with Crippen molar-refractivity contribution in [2.45, 2.75) is 32.1 Å². The molecule has 1 amide bonds. The Labute approximate surface area is 171 Å². The van der Waals surface area contributed by atoms with Crippen LogP contribution >= 0.6 is 0 Å². The van der Waals surface area contributed by atoms with Crippen molar-refractivity contribution in [3.8, 4) is 11.4 Å². The van der Waals surface area contributed by atoms with E-state index >= 15 is 0 Å². The fourth-order valence-electron chi connectivity index (χ4n) is 3.95. The minimum Gasteiger partial charge on any atom is -0.339 e. The number of halogens is 1. The average molecular weight is 405 g/mol. The van der Waals surface area contributed by atoms with Crippen molar-refractivity contribution in [3.05, 3.63) is 59.9 Å². The van der Waals surface area contributed by atoms with E-state index in [1.165, 1.54) is 12.3 Å². The number of fused-ring (bicyclic) bond motifs is 1. The van der Waals surface area contributed by atoms with Gasteiger partial charge in [-0.25, -0.2) is 4.39 Å². The largest absolute Gasteiger partial charge is 0.339 e. The molecule has 7 nitrogen and oxygen atoms in total. The molecule has 8 heteroatoms. The number of carbonyl (C=O) groups is 1. The Morgan fingerprint density at radius 1 is 1.20 bits per heavy atom. The van der Waals surface area contributed by atoms with Crippen molar-refractivity contribution in [2.75, 3.05) is 11.4 Å². The third kappa shape index (κ3) is 3.24. The van der Waals surface area contributed by atoms with Gasteiger partial charge in [-0.2, -0.15) is 10.1 Å². The van der Waals surface area contributed by atoms with Gasteiger partial charge in [0.2, 0.25) is 17.6 Å². The Bertz CT molecular complexity index is 1210. The third-order valence-corrected chi connectivity index (χ3v) is 5.60. The van der Waals surface area contributed by atoms with Crippen LogP contribution in [-0.2, 0) is 4.79 Å². The Kier molecular flexibility index (Phi) is 4.54. The van der Waals surface area contributed by atoms with Crippen molar-refractivity contribution in [1.29, 1.82) is 0 Å². The number of nitrogens with one attached hydrogen (secondary N) is 1. The van der Waals surface area contributed by atoms with E-state index in [9.17, 15) is 9.18 Å². The number of aromatic nitrogens is 4. The van der Waals surface area contributed by atoms with E-state index in [1.54, 1.807) is 6.07 Å². The van der Waals surface area contributed by atoms with Crippen LogP contribution in [0.5, 0.6) is 0 Å². The number of anilines is 1. The highest BCUT2D eigenvalue weighted by Crippen LogP contribution is 2.32. The van der Waals surface area contributed by atoms with Crippen molar-refractivity contribution in [1.82, 2.24) is 20.3 Å². The van der Waals surface area contributed by atoms with Gasteiger partial charge in [0.1, 0.15) is 5.82 Å². The summed E-state index contributed by atoms with van der Waals surface area (Å²) in [6, 6.07) is 10.9. The van der Waals surface area contributed by atoms with Crippen molar-refractivity contribution in [3.63, 3.8) is 0 Å². The molecule has 152 valence electrons. The smallest absolute Gasteiger partial charge is 0.230 e. The molecule has 4 aromatic rings. The fourth-order valence-corrected chi connectivity index (χ4v) is 3.95. The molecule has 2 aromatic carbocycles. The summed E-state index contributed by atoms with van der Waals surface area (Å²) in [5, 5.41) is 11.2. The van der Waals surface area contributed by atoms with Gasteiger partial charge < -0.3 is 9.42 Å². The van der Waals surface area contributed by atoms with Crippen LogP contribution in [0.15, 0.2) is 47.1 Å². The van der Waals surface area contributed by atoms with Gasteiger partial charge in [0.05, 0.1) is 17.1 Å². The van der Waals surface area contributed by atoms with Gasteiger partial charge in [0.25, 0.3) is 0 Å². The summed E-state index contributed by atoms with van der Waals surface area (Å²) in [6.07, 6.45) is 3.35. The fraction of sp³-hybridized carbons (Fsp3) is 0.273. The molecule has 0 aliphatic carbocycles. The van der Waals surface area contributed by atoms with Crippen molar-refractivity contribution < 1.29 is 13.7 Å². The molecule has 1 atom stereocenters. The summed E-state index contributed by atoms with van der Waals surface area (Å²) >= 11 is 0. The van der Waals surface area contributed by atoms with E-state index < -0.39 is 0 Å². The number of aromatic amines is 1. The second-order valence-electron chi connectivity index (χ2n) is 7.63. The van der Waals surface area contributed by atoms with Crippen molar-refractivity contribution in [2.24, 2.45) is 0 Å². The van der Waals surface area contributed by atoms with Crippen molar-refractivity contribution >= 4 is 22.5 Å². The quantitative estimate of drug-likeness (QED) is 0.547. The number of carbonyl (C=O) groups excluding carboxylic acids is 1. The molecular weight excluding hydrogens is 385 g/mol. The zero-order valence-electron chi connectivity index (χ0n) is 16.4. The van der Waals surface area contributed by atoms with Crippen LogP contribution in [0.2, 0.25) is 0 Å². The Balaban J connectivity index is 1.40. The Morgan fingerprint density at radius 3 is 2.87 bits per heavy atom. The van der Waals surface area contributed by atoms with Crippen LogP contribution in [0.25, 0.3) is 22.3 Å². The first-order chi connectivity index (χ1) is 14.6. The lowest BCUT2D eigenvalue weighted by atomic mass is 10.0. The number of hydrogen-bond donors (Lipinski definition) is 1. The molecule has 0 radical (unpaired) electrons. The topological polar surface area (TPSA) is 87.9 Å². The highest BCUT2D eigenvalue weighted by molar-refractivity contribution is 5.94. The standard InChI is InChI=1S/C22H20FN5O2/c1-13-4-6-15(7-5-13)28-10-2-3-14(11-19(28)29)22-25-21(27-30-22)16-8-9-18(23)17-12-24-26-20(16)17/h4-9,12,14H,2-3,10-11H2,1H3,(H,24,26). The summed E-state index contributed by atoms with van der Waals surface area (Å²) in [4.78, 5) is 19.3.